The summed E-state index contributed by atoms with van der Waals surface area (Å²) >= 11 is 6.08. The van der Waals surface area contributed by atoms with Crippen molar-refractivity contribution in [3.8, 4) is 0 Å². The van der Waals surface area contributed by atoms with Gasteiger partial charge >= 0.3 is 0 Å². The summed E-state index contributed by atoms with van der Waals surface area (Å²) in [5, 5.41) is 0.415. The lowest BCUT2D eigenvalue weighted by atomic mass is 10.0. The molecule has 0 radical (unpaired) electrons. The van der Waals surface area contributed by atoms with E-state index in [0.29, 0.717) is 22.3 Å². The van der Waals surface area contributed by atoms with E-state index < -0.39 is 0 Å². The molecular weight excluding hydrogens is 312 g/mol. The fraction of sp³-hybridized carbons (Fsp3) is 0.471. The Morgan fingerprint density at radius 3 is 2.70 bits per heavy atom. The van der Waals surface area contributed by atoms with Crippen molar-refractivity contribution in [1.82, 2.24) is 14.9 Å². The third-order valence-corrected chi connectivity index (χ3v) is 4.83. The van der Waals surface area contributed by atoms with Gasteiger partial charge in [0.1, 0.15) is 10.7 Å². The number of Topliss-reactive ketones (excluding diaryl/α,β-unsaturated/α-hetero) is 1. The Labute approximate surface area is 141 Å². The van der Waals surface area contributed by atoms with Gasteiger partial charge in [-0.3, -0.25) is 9.78 Å². The van der Waals surface area contributed by atoms with Gasteiger partial charge in [0.15, 0.2) is 5.78 Å². The molecule has 0 N–H and O–H groups in total. The number of anilines is 1. The molecule has 1 aliphatic heterocycles. The molecule has 1 fully saturated rings. The number of piperidine rings is 1. The quantitative estimate of drug-likeness (QED) is 0.638. The third kappa shape index (κ3) is 3.16. The van der Waals surface area contributed by atoms with Crippen LogP contribution in [-0.2, 0) is 0 Å². The maximum absolute atomic E-state index is 12.1. The minimum Gasteiger partial charge on any atom is -0.369 e. The van der Waals surface area contributed by atoms with E-state index >= 15 is 0 Å². The van der Waals surface area contributed by atoms with Crippen molar-refractivity contribution in [2.45, 2.75) is 25.8 Å². The van der Waals surface area contributed by atoms with E-state index in [1.54, 1.807) is 19.2 Å². The number of aromatic nitrogens is 2. The smallest absolute Gasteiger partial charge is 0.163 e. The topological polar surface area (TPSA) is 49.3 Å². The van der Waals surface area contributed by atoms with Gasteiger partial charge < -0.3 is 9.80 Å². The van der Waals surface area contributed by atoms with Gasteiger partial charge in [0.2, 0.25) is 0 Å². The molecule has 0 spiro atoms. The summed E-state index contributed by atoms with van der Waals surface area (Å²) in [6.45, 7) is 3.68. The Hall–Kier alpha value is -1.72. The highest BCUT2D eigenvalue weighted by molar-refractivity contribution is 6.30. The van der Waals surface area contributed by atoms with Crippen LogP contribution in [0.25, 0.3) is 11.0 Å². The van der Waals surface area contributed by atoms with Crippen LogP contribution in [0.5, 0.6) is 0 Å². The van der Waals surface area contributed by atoms with E-state index in [0.717, 1.165) is 37.1 Å². The zero-order valence-electron chi connectivity index (χ0n) is 13.7. The fourth-order valence-corrected chi connectivity index (χ4v) is 3.36. The first-order valence-corrected chi connectivity index (χ1v) is 8.22. The third-order valence-electron chi connectivity index (χ3n) is 4.62. The monoisotopic (exact) mass is 332 g/mol. The molecule has 122 valence electrons. The molecule has 2 aromatic heterocycles. The number of hydrogen-bond donors (Lipinski definition) is 0. The van der Waals surface area contributed by atoms with Gasteiger partial charge in [0, 0.05) is 19.3 Å². The molecule has 2 aromatic rings. The van der Waals surface area contributed by atoms with Crippen molar-refractivity contribution < 1.29 is 4.79 Å². The molecule has 0 atom stereocenters. The highest BCUT2D eigenvalue weighted by atomic mass is 35.5. The average Bonchev–Trinajstić information content (AvgIpc) is 2.53. The summed E-state index contributed by atoms with van der Waals surface area (Å²) in [6.07, 6.45) is 3.78. The lowest BCUT2D eigenvalue weighted by Gasteiger charge is -2.37. The molecule has 0 amide bonds. The number of nitrogens with zero attached hydrogens (tertiary/aromatic N) is 4. The second-order valence-electron chi connectivity index (χ2n) is 6.22. The number of fused-ring (bicyclic) bond motifs is 1. The number of likely N-dealkylation sites (tertiary alicyclic amines) is 1. The number of ketones is 1. The number of halogens is 1. The Morgan fingerprint density at radius 2 is 2.04 bits per heavy atom. The van der Waals surface area contributed by atoms with Crippen LogP contribution < -0.4 is 4.90 Å². The maximum Gasteiger partial charge on any atom is 0.163 e. The van der Waals surface area contributed by atoms with Crippen molar-refractivity contribution in [1.29, 1.82) is 0 Å². The van der Waals surface area contributed by atoms with Crippen LogP contribution in [-0.4, -0.2) is 53.9 Å². The fourth-order valence-electron chi connectivity index (χ4n) is 3.21. The highest BCUT2D eigenvalue weighted by Gasteiger charge is 2.25. The zero-order valence-corrected chi connectivity index (χ0v) is 14.5. The van der Waals surface area contributed by atoms with Crippen LogP contribution in [0.2, 0.25) is 5.15 Å². The van der Waals surface area contributed by atoms with Gasteiger partial charge in [-0.2, -0.15) is 0 Å². The number of rotatable bonds is 3. The molecule has 3 rings (SSSR count). The van der Waals surface area contributed by atoms with Gasteiger partial charge in [-0.1, -0.05) is 11.6 Å². The first-order chi connectivity index (χ1) is 11.0. The summed E-state index contributed by atoms with van der Waals surface area (Å²) in [4.78, 5) is 25.4. The molecule has 1 saturated heterocycles. The summed E-state index contributed by atoms with van der Waals surface area (Å²) in [5.41, 5.74) is 2.91. The molecular formula is C17H21ClN4O. The molecule has 5 nitrogen and oxygen atoms in total. The van der Waals surface area contributed by atoms with Crippen LogP contribution in [0, 0.1) is 0 Å². The first kappa shape index (κ1) is 16.1. The summed E-state index contributed by atoms with van der Waals surface area (Å²) in [7, 11) is 4.18. The lowest BCUT2D eigenvalue weighted by molar-refractivity contribution is 0.101. The average molecular weight is 333 g/mol. The van der Waals surface area contributed by atoms with Gasteiger partial charge in [-0.25, -0.2) is 4.98 Å². The Morgan fingerprint density at radius 1 is 1.35 bits per heavy atom. The van der Waals surface area contributed by atoms with Gasteiger partial charge in [-0.15, -0.1) is 0 Å². The Bertz CT molecular complexity index is 741. The van der Waals surface area contributed by atoms with E-state index in [1.165, 1.54) is 0 Å². The minimum atomic E-state index is -0.00375. The van der Waals surface area contributed by atoms with Crippen molar-refractivity contribution in [2.75, 3.05) is 32.1 Å². The van der Waals surface area contributed by atoms with Gasteiger partial charge in [0.25, 0.3) is 0 Å². The second-order valence-corrected chi connectivity index (χ2v) is 6.61. The normalized spacial score (nSPS) is 16.7. The van der Waals surface area contributed by atoms with Gasteiger partial charge in [0.05, 0.1) is 16.8 Å². The van der Waals surface area contributed by atoms with E-state index in [-0.39, 0.29) is 5.78 Å². The minimum absolute atomic E-state index is 0.00375. The van der Waals surface area contributed by atoms with E-state index in [1.807, 2.05) is 13.1 Å². The van der Waals surface area contributed by atoms with Crippen LogP contribution in [0.15, 0.2) is 18.3 Å². The predicted octanol–water partition coefficient (Wildman–Crippen LogP) is 3.02. The lowest BCUT2D eigenvalue weighted by Crippen LogP contribution is -2.42. The first-order valence-electron chi connectivity index (χ1n) is 7.85. The van der Waals surface area contributed by atoms with Crippen LogP contribution in [0.4, 0.5) is 5.69 Å². The van der Waals surface area contributed by atoms with E-state index in [9.17, 15) is 4.79 Å². The molecule has 23 heavy (non-hydrogen) atoms. The zero-order chi connectivity index (χ0) is 16.6. The van der Waals surface area contributed by atoms with Crippen LogP contribution in [0.1, 0.15) is 30.1 Å². The summed E-state index contributed by atoms with van der Waals surface area (Å²) < 4.78 is 0. The molecule has 0 unspecified atom stereocenters. The van der Waals surface area contributed by atoms with E-state index in [2.05, 4.69) is 26.8 Å². The molecule has 1 aliphatic rings. The number of hydrogen-bond acceptors (Lipinski definition) is 5. The Balaban J connectivity index is 2.11. The SMILES string of the molecule is CC(=O)c1cnc2ccc(Cl)nc2c1N(C)C1CCN(C)CC1. The highest BCUT2D eigenvalue weighted by Crippen LogP contribution is 2.32. The molecule has 0 saturated carbocycles. The molecule has 0 aromatic carbocycles. The van der Waals surface area contributed by atoms with Crippen LogP contribution >= 0.6 is 11.6 Å². The number of carbonyl (C=O) groups is 1. The van der Waals surface area contributed by atoms with E-state index in [4.69, 9.17) is 11.6 Å². The van der Waals surface area contributed by atoms with Gasteiger partial charge in [-0.05, 0) is 52.0 Å². The molecule has 6 heteroatoms. The number of carbonyl (C=O) groups excluding carboxylic acids is 1. The standard InChI is InChI=1S/C17H21ClN4O/c1-11(23)13-10-19-14-4-5-15(18)20-16(14)17(13)22(3)12-6-8-21(2)9-7-12/h4-5,10,12H,6-9H2,1-3H3. The second kappa shape index (κ2) is 6.42. The molecule has 0 bridgehead atoms. The summed E-state index contributed by atoms with van der Waals surface area (Å²) in [6, 6.07) is 3.96. The molecule has 0 aliphatic carbocycles. The maximum atomic E-state index is 12.1. The number of pyridine rings is 2. The largest absolute Gasteiger partial charge is 0.369 e. The summed E-state index contributed by atoms with van der Waals surface area (Å²) in [5.74, 6) is -0.00375. The van der Waals surface area contributed by atoms with Crippen molar-refractivity contribution >= 4 is 34.1 Å². The van der Waals surface area contributed by atoms with Crippen molar-refractivity contribution in [2.24, 2.45) is 0 Å². The van der Waals surface area contributed by atoms with Crippen molar-refractivity contribution in [3.63, 3.8) is 0 Å². The van der Waals surface area contributed by atoms with Crippen LogP contribution in [0.3, 0.4) is 0 Å². The predicted molar refractivity (Wildman–Crippen MR) is 93.5 cm³/mol. The van der Waals surface area contributed by atoms with Crippen molar-refractivity contribution in [3.05, 3.63) is 29.0 Å². The Kier molecular flexibility index (Phi) is 4.50. The molecule has 3 heterocycles.